The Bertz CT molecular complexity index is 197. The van der Waals surface area contributed by atoms with Gasteiger partial charge in [-0.3, -0.25) is 0 Å². The Morgan fingerprint density at radius 3 is 2.17 bits per heavy atom. The Kier molecular flexibility index (Phi) is 13.2. The van der Waals surface area contributed by atoms with Crippen LogP contribution in [-0.2, 0) is 0 Å². The predicted octanol–water partition coefficient (Wildman–Crippen LogP) is 4.21. The van der Waals surface area contributed by atoms with Crippen LogP contribution in [0.3, 0.4) is 0 Å². The molecule has 2 N–H and O–H groups in total. The Morgan fingerprint density at radius 2 is 1.56 bits per heavy atom. The van der Waals surface area contributed by atoms with Gasteiger partial charge < -0.3 is 10.4 Å². The van der Waals surface area contributed by atoms with Crippen molar-refractivity contribution in [3.8, 4) is 0 Å². The number of aliphatic hydroxyl groups is 1. The summed E-state index contributed by atoms with van der Waals surface area (Å²) < 4.78 is 0. The lowest BCUT2D eigenvalue weighted by molar-refractivity contribution is 0.149. The van der Waals surface area contributed by atoms with Crippen molar-refractivity contribution in [2.45, 2.75) is 83.7 Å². The standard InChI is InChI=1S/C15H31NOS/c1-3-4-5-6-7-8-9-11-14(17)12-10-13-15(18)16-2/h14,17H,3-13H2,1-2H3,(H,16,18)/t14-/m1/s1. The SMILES string of the molecule is CCCCCCCCC[C@@H](O)CCCC(=S)NC. The van der Waals surface area contributed by atoms with E-state index in [9.17, 15) is 5.11 Å². The number of thiocarbonyl (C=S) groups is 1. The van der Waals surface area contributed by atoms with Crippen molar-refractivity contribution in [2.24, 2.45) is 0 Å². The summed E-state index contributed by atoms with van der Waals surface area (Å²) in [6.45, 7) is 2.25. The van der Waals surface area contributed by atoms with Gasteiger partial charge in [0.25, 0.3) is 0 Å². The largest absolute Gasteiger partial charge is 0.393 e. The van der Waals surface area contributed by atoms with Crippen LogP contribution in [0, 0.1) is 0 Å². The summed E-state index contributed by atoms with van der Waals surface area (Å²) in [5.74, 6) is 0. The molecule has 0 amide bonds. The normalized spacial score (nSPS) is 12.4. The molecule has 0 aliphatic heterocycles. The van der Waals surface area contributed by atoms with Crippen LogP contribution in [0.5, 0.6) is 0 Å². The van der Waals surface area contributed by atoms with Gasteiger partial charge in [-0.1, -0.05) is 64.1 Å². The summed E-state index contributed by atoms with van der Waals surface area (Å²) in [7, 11) is 1.86. The van der Waals surface area contributed by atoms with Crippen LogP contribution >= 0.6 is 12.2 Å². The Balaban J connectivity index is 3.21. The highest BCUT2D eigenvalue weighted by atomic mass is 32.1. The minimum absolute atomic E-state index is 0.125. The van der Waals surface area contributed by atoms with Crippen molar-refractivity contribution in [3.05, 3.63) is 0 Å². The Hall–Kier alpha value is -0.150. The average molecular weight is 273 g/mol. The molecule has 3 heteroatoms. The van der Waals surface area contributed by atoms with Crippen molar-refractivity contribution in [2.75, 3.05) is 7.05 Å². The molecule has 0 radical (unpaired) electrons. The fourth-order valence-electron chi connectivity index (χ4n) is 2.10. The van der Waals surface area contributed by atoms with Crippen LogP contribution in [0.4, 0.5) is 0 Å². The molecule has 0 rings (SSSR count). The summed E-state index contributed by atoms with van der Waals surface area (Å²) in [5, 5.41) is 12.8. The van der Waals surface area contributed by atoms with Crippen LogP contribution in [0.2, 0.25) is 0 Å². The first-order valence-electron chi connectivity index (χ1n) is 7.59. The quantitative estimate of drug-likeness (QED) is 0.413. The topological polar surface area (TPSA) is 32.3 Å². The Morgan fingerprint density at radius 1 is 1.00 bits per heavy atom. The zero-order chi connectivity index (χ0) is 13.6. The summed E-state index contributed by atoms with van der Waals surface area (Å²) in [6.07, 6.45) is 12.8. The zero-order valence-electron chi connectivity index (χ0n) is 12.2. The minimum atomic E-state index is -0.125. The van der Waals surface area contributed by atoms with E-state index in [2.05, 4.69) is 12.2 Å². The highest BCUT2D eigenvalue weighted by molar-refractivity contribution is 7.80. The van der Waals surface area contributed by atoms with Crippen molar-refractivity contribution < 1.29 is 5.11 Å². The van der Waals surface area contributed by atoms with Gasteiger partial charge in [0, 0.05) is 7.05 Å². The molecule has 0 aliphatic rings. The molecule has 0 aromatic heterocycles. The molecule has 0 heterocycles. The molecule has 0 fully saturated rings. The first kappa shape index (κ1) is 17.8. The second-order valence-corrected chi connectivity index (χ2v) is 5.62. The molecular formula is C15H31NOS. The summed E-state index contributed by atoms with van der Waals surface area (Å²) in [6, 6.07) is 0. The van der Waals surface area contributed by atoms with E-state index in [0.29, 0.717) is 0 Å². The van der Waals surface area contributed by atoms with E-state index >= 15 is 0 Å². The molecule has 0 saturated carbocycles. The highest BCUT2D eigenvalue weighted by Crippen LogP contribution is 2.12. The van der Waals surface area contributed by atoms with Gasteiger partial charge >= 0.3 is 0 Å². The fraction of sp³-hybridized carbons (Fsp3) is 0.933. The van der Waals surface area contributed by atoms with Gasteiger partial charge in [-0.05, 0) is 25.7 Å². The van der Waals surface area contributed by atoms with E-state index in [1.54, 1.807) is 0 Å². The first-order valence-corrected chi connectivity index (χ1v) is 8.00. The smallest absolute Gasteiger partial charge is 0.0750 e. The number of unbranched alkanes of at least 4 members (excludes halogenated alkanes) is 6. The number of nitrogens with one attached hydrogen (secondary N) is 1. The molecule has 2 nitrogen and oxygen atoms in total. The third kappa shape index (κ3) is 12.3. The number of hydrogen-bond acceptors (Lipinski definition) is 2. The number of rotatable bonds is 12. The molecule has 0 aliphatic carbocycles. The first-order chi connectivity index (χ1) is 8.70. The third-order valence-electron chi connectivity index (χ3n) is 3.36. The second-order valence-electron chi connectivity index (χ2n) is 5.13. The van der Waals surface area contributed by atoms with Crippen molar-refractivity contribution in [1.82, 2.24) is 5.32 Å². The molecule has 0 aromatic carbocycles. The third-order valence-corrected chi connectivity index (χ3v) is 3.77. The monoisotopic (exact) mass is 273 g/mol. The van der Waals surface area contributed by atoms with Crippen molar-refractivity contribution >= 4 is 17.2 Å². The van der Waals surface area contributed by atoms with E-state index in [4.69, 9.17) is 12.2 Å². The van der Waals surface area contributed by atoms with Crippen LogP contribution in [0.25, 0.3) is 0 Å². The lowest BCUT2D eigenvalue weighted by atomic mass is 10.0. The van der Waals surface area contributed by atoms with E-state index in [1.165, 1.54) is 44.9 Å². The van der Waals surface area contributed by atoms with Gasteiger partial charge in [0.2, 0.25) is 0 Å². The van der Waals surface area contributed by atoms with Crippen LogP contribution in [0.15, 0.2) is 0 Å². The lowest BCUT2D eigenvalue weighted by Crippen LogP contribution is -2.16. The zero-order valence-corrected chi connectivity index (χ0v) is 13.0. The second kappa shape index (κ2) is 13.3. The minimum Gasteiger partial charge on any atom is -0.393 e. The molecule has 18 heavy (non-hydrogen) atoms. The maximum Gasteiger partial charge on any atom is 0.0750 e. The van der Waals surface area contributed by atoms with Gasteiger partial charge in [0.15, 0.2) is 0 Å². The summed E-state index contributed by atoms with van der Waals surface area (Å²) in [4.78, 5) is 0.901. The average Bonchev–Trinajstić information content (AvgIpc) is 2.37. The van der Waals surface area contributed by atoms with Crippen molar-refractivity contribution in [3.63, 3.8) is 0 Å². The highest BCUT2D eigenvalue weighted by Gasteiger charge is 2.04. The molecule has 0 saturated heterocycles. The van der Waals surface area contributed by atoms with E-state index in [-0.39, 0.29) is 6.10 Å². The molecule has 0 bridgehead atoms. The lowest BCUT2D eigenvalue weighted by Gasteiger charge is -2.10. The van der Waals surface area contributed by atoms with E-state index in [0.717, 1.165) is 30.7 Å². The molecule has 1 atom stereocenters. The summed E-state index contributed by atoms with van der Waals surface area (Å²) >= 11 is 5.07. The fourth-order valence-corrected chi connectivity index (χ4v) is 2.25. The number of aliphatic hydroxyl groups excluding tert-OH is 1. The summed E-state index contributed by atoms with van der Waals surface area (Å²) in [5.41, 5.74) is 0. The maximum atomic E-state index is 9.81. The van der Waals surface area contributed by atoms with E-state index in [1.807, 2.05) is 7.05 Å². The molecule has 0 unspecified atom stereocenters. The molecular weight excluding hydrogens is 242 g/mol. The van der Waals surface area contributed by atoms with Gasteiger partial charge in [-0.25, -0.2) is 0 Å². The van der Waals surface area contributed by atoms with Crippen LogP contribution < -0.4 is 5.32 Å². The van der Waals surface area contributed by atoms with Gasteiger partial charge in [0.05, 0.1) is 11.1 Å². The number of hydrogen-bond donors (Lipinski definition) is 2. The van der Waals surface area contributed by atoms with Crippen LogP contribution in [-0.4, -0.2) is 23.2 Å². The maximum absolute atomic E-state index is 9.81. The molecule has 0 spiro atoms. The van der Waals surface area contributed by atoms with Gasteiger partial charge in [-0.2, -0.15) is 0 Å². The van der Waals surface area contributed by atoms with Gasteiger partial charge in [0.1, 0.15) is 0 Å². The van der Waals surface area contributed by atoms with Gasteiger partial charge in [-0.15, -0.1) is 0 Å². The van der Waals surface area contributed by atoms with Crippen molar-refractivity contribution in [1.29, 1.82) is 0 Å². The predicted molar refractivity (Wildman–Crippen MR) is 84.1 cm³/mol. The van der Waals surface area contributed by atoms with E-state index < -0.39 is 0 Å². The molecule has 108 valence electrons. The Labute approximate surface area is 119 Å². The molecule has 0 aromatic rings. The van der Waals surface area contributed by atoms with Crippen LogP contribution in [0.1, 0.15) is 77.6 Å².